The summed E-state index contributed by atoms with van der Waals surface area (Å²) in [7, 11) is 0. The first-order chi connectivity index (χ1) is 3.79. The molecule has 1 rings (SSSR count). The summed E-state index contributed by atoms with van der Waals surface area (Å²) in [5.41, 5.74) is 0. The van der Waals surface area contributed by atoms with Gasteiger partial charge in [-0.25, -0.2) is 0 Å². The van der Waals surface area contributed by atoms with Crippen LogP contribution < -0.4 is 5.32 Å². The number of rotatable bonds is 0. The van der Waals surface area contributed by atoms with Crippen LogP contribution in [0.3, 0.4) is 0 Å². The minimum absolute atomic E-state index is 0.711. The fourth-order valence-electron chi connectivity index (χ4n) is 0.879. The van der Waals surface area contributed by atoms with Crippen LogP contribution >= 0.6 is 0 Å². The number of nitrogens with one attached hydrogen (secondary N) is 2. The quantitative estimate of drug-likeness (QED) is 0.481. The second-order valence-corrected chi connectivity index (χ2v) is 2.50. The van der Waals surface area contributed by atoms with Crippen molar-refractivity contribution in [3.8, 4) is 0 Å². The minimum atomic E-state index is 0.711. The topological polar surface area (TPSA) is 35.9 Å². The summed E-state index contributed by atoms with van der Waals surface area (Å²) in [6, 6.07) is 0. The summed E-state index contributed by atoms with van der Waals surface area (Å²) in [5, 5.41) is 10.2. The predicted molar refractivity (Wildman–Crippen MR) is 34.1 cm³/mol. The molecule has 1 heterocycles. The zero-order valence-electron chi connectivity index (χ0n) is 5.20. The third kappa shape index (κ3) is 1.22. The highest BCUT2D eigenvalue weighted by molar-refractivity contribution is 5.79. The van der Waals surface area contributed by atoms with E-state index in [1.807, 2.05) is 0 Å². The van der Waals surface area contributed by atoms with Gasteiger partial charge in [-0.1, -0.05) is 6.92 Å². The number of hydrogen-bond donors (Lipinski definition) is 2. The third-order valence-corrected chi connectivity index (χ3v) is 1.55. The Bertz CT molecular complexity index is 88.7. The Morgan fingerprint density at radius 2 is 2.50 bits per heavy atom. The molecule has 1 fully saturated rings. The molecule has 0 aliphatic carbocycles. The van der Waals surface area contributed by atoms with Gasteiger partial charge >= 0.3 is 0 Å². The van der Waals surface area contributed by atoms with Gasteiger partial charge in [0.1, 0.15) is 0 Å². The van der Waals surface area contributed by atoms with Gasteiger partial charge in [0, 0.05) is 13.0 Å². The molecule has 0 aromatic rings. The van der Waals surface area contributed by atoms with Gasteiger partial charge in [-0.15, -0.1) is 0 Å². The second-order valence-electron chi connectivity index (χ2n) is 2.50. The van der Waals surface area contributed by atoms with Gasteiger partial charge in [-0.3, -0.25) is 5.41 Å². The first kappa shape index (κ1) is 5.60. The van der Waals surface area contributed by atoms with Gasteiger partial charge in [-0.2, -0.15) is 0 Å². The molecule has 2 N–H and O–H groups in total. The molecule has 0 bridgehead atoms. The second kappa shape index (κ2) is 2.16. The lowest BCUT2D eigenvalue weighted by molar-refractivity contribution is 0.495. The lowest BCUT2D eigenvalue weighted by atomic mass is 10.0. The molecule has 2 heteroatoms. The van der Waals surface area contributed by atoms with Crippen molar-refractivity contribution in [3.05, 3.63) is 0 Å². The Balaban J connectivity index is 2.29. The molecule has 2 nitrogen and oxygen atoms in total. The van der Waals surface area contributed by atoms with Crippen LogP contribution in [0.2, 0.25) is 0 Å². The highest BCUT2D eigenvalue weighted by Gasteiger charge is 2.09. The van der Waals surface area contributed by atoms with Crippen molar-refractivity contribution >= 4 is 5.84 Å². The molecule has 0 saturated carbocycles. The molecule has 8 heavy (non-hydrogen) atoms. The van der Waals surface area contributed by atoms with Crippen molar-refractivity contribution in [2.45, 2.75) is 19.8 Å². The first-order valence-corrected chi connectivity index (χ1v) is 3.10. The molecule has 0 spiro atoms. The lowest BCUT2D eigenvalue weighted by Gasteiger charge is -2.19. The number of hydrogen-bond acceptors (Lipinski definition) is 1. The Labute approximate surface area is 49.8 Å². The van der Waals surface area contributed by atoms with Crippen molar-refractivity contribution in [1.82, 2.24) is 5.32 Å². The smallest absolute Gasteiger partial charge is 0.0931 e. The average molecular weight is 112 g/mol. The Morgan fingerprint density at radius 3 is 2.88 bits per heavy atom. The Morgan fingerprint density at radius 1 is 1.75 bits per heavy atom. The van der Waals surface area contributed by atoms with E-state index in [0.29, 0.717) is 5.84 Å². The molecular weight excluding hydrogens is 100 g/mol. The van der Waals surface area contributed by atoms with E-state index >= 15 is 0 Å². The van der Waals surface area contributed by atoms with Gasteiger partial charge in [0.05, 0.1) is 5.84 Å². The van der Waals surface area contributed by atoms with Gasteiger partial charge in [0.15, 0.2) is 0 Å². The van der Waals surface area contributed by atoms with E-state index in [9.17, 15) is 0 Å². The summed E-state index contributed by atoms with van der Waals surface area (Å²) >= 11 is 0. The van der Waals surface area contributed by atoms with Crippen molar-refractivity contribution < 1.29 is 0 Å². The summed E-state index contributed by atoms with van der Waals surface area (Å²) in [6.07, 6.45) is 2.13. The predicted octanol–water partition coefficient (Wildman–Crippen LogP) is 0.983. The molecule has 0 aromatic heterocycles. The summed E-state index contributed by atoms with van der Waals surface area (Å²) in [4.78, 5) is 0. The van der Waals surface area contributed by atoms with E-state index in [1.54, 1.807) is 0 Å². The Hall–Kier alpha value is -0.530. The van der Waals surface area contributed by atoms with E-state index in [0.717, 1.165) is 18.9 Å². The first-order valence-electron chi connectivity index (χ1n) is 3.10. The summed E-state index contributed by atoms with van der Waals surface area (Å²) in [5.74, 6) is 1.48. The van der Waals surface area contributed by atoms with E-state index in [2.05, 4.69) is 12.2 Å². The zero-order valence-corrected chi connectivity index (χ0v) is 5.20. The highest BCUT2D eigenvalue weighted by Crippen LogP contribution is 2.08. The van der Waals surface area contributed by atoms with Crippen molar-refractivity contribution in [3.63, 3.8) is 0 Å². The standard InChI is InChI=1S/C6H12N2/c1-5-2-3-6(7)8-4-5/h5H,2-4H2,1H3,(H2,7,8). The van der Waals surface area contributed by atoms with Gasteiger partial charge in [0.25, 0.3) is 0 Å². The molecule has 0 aromatic carbocycles. The molecule has 1 saturated heterocycles. The SMILES string of the molecule is CC1CCC(=N)NC1. The molecule has 0 amide bonds. The fraction of sp³-hybridized carbons (Fsp3) is 0.833. The van der Waals surface area contributed by atoms with Crippen LogP contribution in [0.1, 0.15) is 19.8 Å². The number of amidine groups is 1. The monoisotopic (exact) mass is 112 g/mol. The largest absolute Gasteiger partial charge is 0.374 e. The zero-order chi connectivity index (χ0) is 5.98. The highest BCUT2D eigenvalue weighted by atomic mass is 14.9. The molecule has 1 unspecified atom stereocenters. The lowest BCUT2D eigenvalue weighted by Crippen LogP contribution is -2.32. The Kier molecular flexibility index (Phi) is 1.51. The normalized spacial score (nSPS) is 29.6. The van der Waals surface area contributed by atoms with E-state index in [1.165, 1.54) is 6.42 Å². The maximum absolute atomic E-state index is 7.17. The molecule has 1 aliphatic heterocycles. The van der Waals surface area contributed by atoms with Gasteiger partial charge in [-0.05, 0) is 12.3 Å². The molecule has 1 atom stereocenters. The van der Waals surface area contributed by atoms with Crippen LogP contribution in [0.5, 0.6) is 0 Å². The molecular formula is C6H12N2. The van der Waals surface area contributed by atoms with Gasteiger partial charge < -0.3 is 5.32 Å². The van der Waals surface area contributed by atoms with Crippen LogP contribution in [0.15, 0.2) is 0 Å². The van der Waals surface area contributed by atoms with Crippen LogP contribution in [-0.2, 0) is 0 Å². The molecule has 1 aliphatic rings. The van der Waals surface area contributed by atoms with E-state index in [4.69, 9.17) is 5.41 Å². The van der Waals surface area contributed by atoms with Crippen molar-refractivity contribution in [2.75, 3.05) is 6.54 Å². The summed E-state index contributed by atoms with van der Waals surface area (Å²) < 4.78 is 0. The molecule has 0 radical (unpaired) electrons. The van der Waals surface area contributed by atoms with E-state index in [-0.39, 0.29) is 0 Å². The maximum Gasteiger partial charge on any atom is 0.0931 e. The van der Waals surface area contributed by atoms with Crippen molar-refractivity contribution in [1.29, 1.82) is 5.41 Å². The third-order valence-electron chi connectivity index (χ3n) is 1.55. The van der Waals surface area contributed by atoms with Gasteiger partial charge in [0.2, 0.25) is 0 Å². The summed E-state index contributed by atoms with van der Waals surface area (Å²) in [6.45, 7) is 3.21. The number of piperidine rings is 1. The van der Waals surface area contributed by atoms with Crippen LogP contribution in [0, 0.1) is 11.3 Å². The van der Waals surface area contributed by atoms with Crippen LogP contribution in [-0.4, -0.2) is 12.4 Å². The maximum atomic E-state index is 7.17. The van der Waals surface area contributed by atoms with Crippen LogP contribution in [0.4, 0.5) is 0 Å². The fourth-order valence-corrected chi connectivity index (χ4v) is 0.879. The minimum Gasteiger partial charge on any atom is -0.374 e. The van der Waals surface area contributed by atoms with Crippen molar-refractivity contribution in [2.24, 2.45) is 5.92 Å². The molecule has 46 valence electrons. The van der Waals surface area contributed by atoms with E-state index < -0.39 is 0 Å². The average Bonchev–Trinajstić information content (AvgIpc) is 1.77. The van der Waals surface area contributed by atoms with Crippen LogP contribution in [0.25, 0.3) is 0 Å².